The van der Waals surface area contributed by atoms with Gasteiger partial charge in [0, 0.05) is 23.8 Å². The lowest BCUT2D eigenvalue weighted by Crippen LogP contribution is -2.41. The van der Waals surface area contributed by atoms with Crippen LogP contribution in [0.3, 0.4) is 0 Å². The molecule has 0 radical (unpaired) electrons. The SMILES string of the molecule is CN(C)C(CNC(=O)c1cccc(NC(=O)c2cccs2)c1)Cc1ccccc1. The fraction of sp³-hybridized carbons (Fsp3) is 0.217. The predicted molar refractivity (Wildman–Crippen MR) is 119 cm³/mol. The Morgan fingerprint density at radius 2 is 1.76 bits per heavy atom. The Morgan fingerprint density at radius 3 is 2.45 bits per heavy atom. The van der Waals surface area contributed by atoms with Crippen LogP contribution in [0.1, 0.15) is 25.6 Å². The van der Waals surface area contributed by atoms with Crippen LogP contribution in [-0.4, -0.2) is 43.4 Å². The van der Waals surface area contributed by atoms with Crippen LogP contribution in [0.4, 0.5) is 5.69 Å². The summed E-state index contributed by atoms with van der Waals surface area (Å²) in [5, 5.41) is 7.71. The van der Waals surface area contributed by atoms with Gasteiger partial charge < -0.3 is 15.5 Å². The van der Waals surface area contributed by atoms with Crippen LogP contribution in [0, 0.1) is 0 Å². The Labute approximate surface area is 175 Å². The zero-order chi connectivity index (χ0) is 20.6. The van der Waals surface area contributed by atoms with Gasteiger partial charge in [0.15, 0.2) is 0 Å². The molecule has 0 saturated carbocycles. The zero-order valence-electron chi connectivity index (χ0n) is 16.6. The van der Waals surface area contributed by atoms with Gasteiger partial charge in [-0.1, -0.05) is 42.5 Å². The van der Waals surface area contributed by atoms with Crippen LogP contribution in [-0.2, 0) is 6.42 Å². The van der Waals surface area contributed by atoms with E-state index >= 15 is 0 Å². The summed E-state index contributed by atoms with van der Waals surface area (Å²) in [5.74, 6) is -0.328. The van der Waals surface area contributed by atoms with E-state index in [0.717, 1.165) is 6.42 Å². The normalized spacial score (nSPS) is 11.8. The number of carbonyl (C=O) groups is 2. The van der Waals surface area contributed by atoms with Crippen molar-refractivity contribution in [2.45, 2.75) is 12.5 Å². The molecule has 2 aromatic carbocycles. The van der Waals surface area contributed by atoms with Crippen molar-refractivity contribution in [2.75, 3.05) is 26.0 Å². The molecule has 0 bridgehead atoms. The van der Waals surface area contributed by atoms with Crippen molar-refractivity contribution in [1.82, 2.24) is 10.2 Å². The van der Waals surface area contributed by atoms with Gasteiger partial charge in [0.2, 0.25) is 0 Å². The van der Waals surface area contributed by atoms with Gasteiger partial charge in [0.05, 0.1) is 4.88 Å². The molecule has 1 aromatic heterocycles. The maximum absolute atomic E-state index is 12.7. The molecule has 0 spiro atoms. The zero-order valence-corrected chi connectivity index (χ0v) is 17.4. The molecule has 150 valence electrons. The highest BCUT2D eigenvalue weighted by atomic mass is 32.1. The lowest BCUT2D eigenvalue weighted by atomic mass is 10.0. The van der Waals surface area contributed by atoms with Gasteiger partial charge in [-0.2, -0.15) is 0 Å². The molecule has 3 rings (SSSR count). The number of nitrogens with one attached hydrogen (secondary N) is 2. The number of likely N-dealkylation sites (N-methyl/N-ethyl adjacent to an activating group) is 1. The van der Waals surface area contributed by atoms with Crippen LogP contribution in [0.2, 0.25) is 0 Å². The fourth-order valence-corrected chi connectivity index (χ4v) is 3.59. The van der Waals surface area contributed by atoms with E-state index in [4.69, 9.17) is 0 Å². The molecule has 5 nitrogen and oxygen atoms in total. The van der Waals surface area contributed by atoms with E-state index in [1.165, 1.54) is 16.9 Å². The second-order valence-electron chi connectivity index (χ2n) is 7.03. The van der Waals surface area contributed by atoms with Crippen molar-refractivity contribution in [3.05, 3.63) is 88.1 Å². The summed E-state index contributed by atoms with van der Waals surface area (Å²) in [6.07, 6.45) is 0.852. The quantitative estimate of drug-likeness (QED) is 0.595. The van der Waals surface area contributed by atoms with Gasteiger partial charge in [-0.3, -0.25) is 9.59 Å². The van der Waals surface area contributed by atoms with Gasteiger partial charge in [-0.15, -0.1) is 11.3 Å². The molecule has 2 amide bonds. The van der Waals surface area contributed by atoms with Crippen LogP contribution in [0.15, 0.2) is 72.1 Å². The summed E-state index contributed by atoms with van der Waals surface area (Å²) in [6.45, 7) is 0.534. The molecule has 0 fully saturated rings. The first kappa shape index (κ1) is 20.8. The smallest absolute Gasteiger partial charge is 0.265 e. The lowest BCUT2D eigenvalue weighted by molar-refractivity contribution is 0.0940. The van der Waals surface area contributed by atoms with Crippen LogP contribution < -0.4 is 10.6 Å². The third kappa shape index (κ3) is 6.01. The summed E-state index contributed by atoms with van der Waals surface area (Å²) in [7, 11) is 4.03. The molecule has 0 aliphatic heterocycles. The number of nitrogens with zero attached hydrogens (tertiary/aromatic N) is 1. The fourth-order valence-electron chi connectivity index (χ4n) is 2.97. The topological polar surface area (TPSA) is 61.4 Å². The van der Waals surface area contributed by atoms with Crippen LogP contribution in [0.5, 0.6) is 0 Å². The first-order valence-electron chi connectivity index (χ1n) is 9.46. The summed E-state index contributed by atoms with van der Waals surface area (Å²) in [6, 6.07) is 21.0. The van der Waals surface area contributed by atoms with Gasteiger partial charge in [0.1, 0.15) is 0 Å². The van der Waals surface area contributed by atoms with E-state index in [-0.39, 0.29) is 17.9 Å². The van der Waals surface area contributed by atoms with E-state index in [2.05, 4.69) is 27.7 Å². The number of hydrogen-bond donors (Lipinski definition) is 2. The molecule has 1 unspecified atom stereocenters. The van der Waals surface area contributed by atoms with Crippen molar-refractivity contribution >= 4 is 28.8 Å². The van der Waals surface area contributed by atoms with E-state index in [9.17, 15) is 9.59 Å². The summed E-state index contributed by atoms with van der Waals surface area (Å²) < 4.78 is 0. The monoisotopic (exact) mass is 407 g/mol. The molecular formula is C23H25N3O2S. The second-order valence-corrected chi connectivity index (χ2v) is 7.98. The Kier molecular flexibility index (Phi) is 7.16. The van der Waals surface area contributed by atoms with E-state index in [0.29, 0.717) is 22.7 Å². The van der Waals surface area contributed by atoms with Crippen molar-refractivity contribution in [3.8, 4) is 0 Å². The molecule has 29 heavy (non-hydrogen) atoms. The summed E-state index contributed by atoms with van der Waals surface area (Å²) >= 11 is 1.38. The Bertz CT molecular complexity index is 940. The van der Waals surface area contributed by atoms with Crippen LogP contribution in [0.25, 0.3) is 0 Å². The molecule has 0 aliphatic carbocycles. The van der Waals surface area contributed by atoms with Gasteiger partial charge in [-0.25, -0.2) is 0 Å². The predicted octanol–water partition coefficient (Wildman–Crippen LogP) is 3.90. The third-order valence-corrected chi connectivity index (χ3v) is 5.54. The molecule has 1 atom stereocenters. The molecule has 6 heteroatoms. The van der Waals surface area contributed by atoms with E-state index in [1.807, 2.05) is 43.7 Å². The van der Waals surface area contributed by atoms with Gasteiger partial charge >= 0.3 is 0 Å². The molecular weight excluding hydrogens is 382 g/mol. The first-order chi connectivity index (χ1) is 14.0. The number of thiophene rings is 1. The number of benzene rings is 2. The number of anilines is 1. The Hall–Kier alpha value is -2.96. The molecule has 1 heterocycles. The number of hydrogen-bond acceptors (Lipinski definition) is 4. The first-order valence-corrected chi connectivity index (χ1v) is 10.3. The van der Waals surface area contributed by atoms with Crippen molar-refractivity contribution in [2.24, 2.45) is 0 Å². The summed E-state index contributed by atoms with van der Waals surface area (Å²) in [4.78, 5) is 27.6. The minimum Gasteiger partial charge on any atom is -0.350 e. The molecule has 2 N–H and O–H groups in total. The maximum Gasteiger partial charge on any atom is 0.265 e. The number of carbonyl (C=O) groups excluding carboxylic acids is 2. The molecule has 0 saturated heterocycles. The maximum atomic E-state index is 12.7. The molecule has 3 aromatic rings. The Morgan fingerprint density at radius 1 is 0.966 bits per heavy atom. The largest absolute Gasteiger partial charge is 0.350 e. The van der Waals surface area contributed by atoms with Crippen molar-refractivity contribution in [1.29, 1.82) is 0 Å². The standard InChI is InChI=1S/C23H25N3O2S/c1-26(2)20(14-17-8-4-3-5-9-17)16-24-22(27)18-10-6-11-19(15-18)25-23(28)21-12-7-13-29-21/h3-13,15,20H,14,16H2,1-2H3,(H,24,27)(H,25,28). The van der Waals surface area contributed by atoms with Gasteiger partial charge in [0.25, 0.3) is 11.8 Å². The highest BCUT2D eigenvalue weighted by Crippen LogP contribution is 2.15. The van der Waals surface area contributed by atoms with Crippen molar-refractivity contribution in [3.63, 3.8) is 0 Å². The van der Waals surface area contributed by atoms with Crippen molar-refractivity contribution < 1.29 is 9.59 Å². The molecule has 0 aliphatic rings. The minimum absolute atomic E-state index is 0.155. The number of rotatable bonds is 8. The highest BCUT2D eigenvalue weighted by Gasteiger charge is 2.15. The summed E-state index contributed by atoms with van der Waals surface area (Å²) in [5.41, 5.74) is 2.36. The van der Waals surface area contributed by atoms with E-state index in [1.54, 1.807) is 30.3 Å². The number of amides is 2. The average Bonchev–Trinajstić information content (AvgIpc) is 3.27. The Balaban J connectivity index is 1.60. The highest BCUT2D eigenvalue weighted by molar-refractivity contribution is 7.12. The van der Waals surface area contributed by atoms with E-state index < -0.39 is 0 Å². The van der Waals surface area contributed by atoms with Crippen LogP contribution >= 0.6 is 11.3 Å². The lowest BCUT2D eigenvalue weighted by Gasteiger charge is -2.25. The average molecular weight is 408 g/mol. The third-order valence-electron chi connectivity index (χ3n) is 4.67. The minimum atomic E-state index is -0.173. The second kappa shape index (κ2) is 10.0. The van der Waals surface area contributed by atoms with Gasteiger partial charge in [-0.05, 0) is 55.7 Å².